The summed E-state index contributed by atoms with van der Waals surface area (Å²) in [6, 6.07) is 25.2. The van der Waals surface area contributed by atoms with Crippen molar-refractivity contribution in [1.82, 2.24) is 19.7 Å². The molecule has 0 amide bonds. The number of carbonyl (C=O) groups is 3. The Morgan fingerprint density at radius 1 is 0.750 bits per heavy atom. The second-order valence-corrected chi connectivity index (χ2v) is 11.9. The third-order valence-electron chi connectivity index (χ3n) is 7.45. The monoisotopic (exact) mass is 686 g/mol. The molecule has 1 aliphatic rings. The number of esters is 3. The number of ether oxygens (including phenoxy) is 5. The summed E-state index contributed by atoms with van der Waals surface area (Å²) in [5.74, 6) is -1.77. The van der Waals surface area contributed by atoms with Crippen molar-refractivity contribution < 1.29 is 38.1 Å². The number of hydrogen-bond acceptors (Lipinski definition) is 13. The first-order valence-corrected chi connectivity index (χ1v) is 17.2. The van der Waals surface area contributed by atoms with Crippen LogP contribution in [0.5, 0.6) is 5.88 Å². The molecule has 0 radical (unpaired) electrons. The molecule has 1 saturated heterocycles. The smallest absolute Gasteiger partial charge is 0.338 e. The van der Waals surface area contributed by atoms with Gasteiger partial charge in [0.25, 0.3) is 0 Å². The standard InChI is InChI=1S/C34H30N4O8S2/c1-42-28-24-27(35-34(48-3)36-29(24)47-2)38(37-28)30-26(46-33(41)22-17-11-6-12-18-22)25(45-32(40)21-15-9-5-10-16-21)23(44-30)19-43-31(39)20-13-7-4-8-14-20/h4-18,23,25-26,30H,19H2,1-3H3/t23-,25-,26-,30-/m1/s1. The second kappa shape index (κ2) is 14.9. The first-order valence-electron chi connectivity index (χ1n) is 14.7. The van der Waals surface area contributed by atoms with Gasteiger partial charge in [-0.3, -0.25) is 0 Å². The van der Waals surface area contributed by atoms with E-state index in [-0.39, 0.29) is 23.6 Å². The second-order valence-electron chi connectivity index (χ2n) is 10.4. The Morgan fingerprint density at radius 2 is 1.29 bits per heavy atom. The summed E-state index contributed by atoms with van der Waals surface area (Å²) in [6.45, 7) is -0.339. The van der Waals surface area contributed by atoms with Gasteiger partial charge in [-0.1, -0.05) is 66.4 Å². The molecule has 1 aliphatic heterocycles. The van der Waals surface area contributed by atoms with Crippen molar-refractivity contribution in [1.29, 1.82) is 0 Å². The van der Waals surface area contributed by atoms with Gasteiger partial charge in [0.1, 0.15) is 23.1 Å². The van der Waals surface area contributed by atoms with Crippen LogP contribution in [0.3, 0.4) is 0 Å². The van der Waals surface area contributed by atoms with Crippen LogP contribution in [0.15, 0.2) is 101 Å². The van der Waals surface area contributed by atoms with E-state index in [1.165, 1.54) is 35.3 Å². The van der Waals surface area contributed by atoms with E-state index in [1.54, 1.807) is 91.0 Å². The minimum atomic E-state index is -1.27. The molecule has 6 rings (SSSR count). The summed E-state index contributed by atoms with van der Waals surface area (Å²) in [5, 5.41) is 6.26. The van der Waals surface area contributed by atoms with Crippen LogP contribution in [0.4, 0.5) is 0 Å². The molecular weight excluding hydrogens is 657 g/mol. The largest absolute Gasteiger partial charge is 0.479 e. The first kappa shape index (κ1) is 33.0. The molecule has 246 valence electrons. The maximum atomic E-state index is 13.6. The average molecular weight is 687 g/mol. The van der Waals surface area contributed by atoms with Gasteiger partial charge in [0.15, 0.2) is 29.2 Å². The zero-order valence-electron chi connectivity index (χ0n) is 26.0. The lowest BCUT2D eigenvalue weighted by Crippen LogP contribution is -2.41. The van der Waals surface area contributed by atoms with Crippen molar-refractivity contribution in [3.63, 3.8) is 0 Å². The van der Waals surface area contributed by atoms with E-state index in [1.807, 2.05) is 12.5 Å². The summed E-state index contributed by atoms with van der Waals surface area (Å²) in [5.41, 5.74) is 1.20. The number of methoxy groups -OCH3 is 1. The van der Waals surface area contributed by atoms with E-state index < -0.39 is 42.4 Å². The number of benzene rings is 3. The molecule has 5 aromatic rings. The molecule has 3 aromatic carbocycles. The Bertz CT molecular complexity index is 1910. The Hall–Kier alpha value is -4.92. The molecule has 0 aliphatic carbocycles. The molecule has 14 heteroatoms. The summed E-state index contributed by atoms with van der Waals surface area (Å²) < 4.78 is 31.3. The van der Waals surface area contributed by atoms with Crippen molar-refractivity contribution in [2.24, 2.45) is 0 Å². The van der Waals surface area contributed by atoms with Gasteiger partial charge >= 0.3 is 17.9 Å². The molecule has 12 nitrogen and oxygen atoms in total. The molecule has 4 atom stereocenters. The molecule has 0 N–H and O–H groups in total. The fraction of sp³-hybridized carbons (Fsp3) is 0.235. The van der Waals surface area contributed by atoms with Crippen molar-refractivity contribution in [3.05, 3.63) is 108 Å². The number of rotatable bonds is 11. The summed E-state index contributed by atoms with van der Waals surface area (Å²) in [4.78, 5) is 49.3. The van der Waals surface area contributed by atoms with Crippen molar-refractivity contribution in [3.8, 4) is 5.88 Å². The number of nitrogens with zero attached hydrogens (tertiary/aromatic N) is 4. The highest BCUT2D eigenvalue weighted by molar-refractivity contribution is 7.99. The van der Waals surface area contributed by atoms with Gasteiger partial charge in [0.05, 0.1) is 23.8 Å². The SMILES string of the molecule is COc1nn([C@@H]2O[C@H](COC(=O)c3ccccc3)[C@@H](OC(=O)c3ccccc3)[C@H]2OC(=O)c2ccccc2)c2nc(SC)nc(SC)c12. The molecule has 2 aromatic heterocycles. The molecule has 0 unspecified atom stereocenters. The third kappa shape index (κ3) is 6.86. The fourth-order valence-electron chi connectivity index (χ4n) is 5.17. The summed E-state index contributed by atoms with van der Waals surface area (Å²) in [6.07, 6.45) is -1.09. The van der Waals surface area contributed by atoms with Gasteiger partial charge < -0.3 is 23.7 Å². The highest BCUT2D eigenvalue weighted by Gasteiger charge is 2.52. The van der Waals surface area contributed by atoms with Crippen LogP contribution < -0.4 is 4.74 Å². The van der Waals surface area contributed by atoms with Gasteiger partial charge in [-0.2, -0.15) is 0 Å². The van der Waals surface area contributed by atoms with Crippen LogP contribution in [-0.2, 0) is 18.9 Å². The van der Waals surface area contributed by atoms with E-state index >= 15 is 0 Å². The predicted octanol–water partition coefficient (Wildman–Crippen LogP) is 5.48. The van der Waals surface area contributed by atoms with Crippen LogP contribution in [-0.4, -0.2) is 82.2 Å². The molecule has 48 heavy (non-hydrogen) atoms. The lowest BCUT2D eigenvalue weighted by atomic mass is 10.1. The Labute approximate surface area is 284 Å². The number of thioether (sulfide) groups is 2. The highest BCUT2D eigenvalue weighted by Crippen LogP contribution is 2.40. The van der Waals surface area contributed by atoms with Crippen molar-refractivity contribution in [2.75, 3.05) is 26.2 Å². The first-order chi connectivity index (χ1) is 23.4. The van der Waals surface area contributed by atoms with Crippen LogP contribution in [0.2, 0.25) is 0 Å². The molecule has 0 bridgehead atoms. The van der Waals surface area contributed by atoms with Gasteiger partial charge in [0.2, 0.25) is 5.88 Å². The van der Waals surface area contributed by atoms with Gasteiger partial charge in [-0.15, -0.1) is 16.9 Å². The van der Waals surface area contributed by atoms with E-state index in [0.29, 0.717) is 26.8 Å². The lowest BCUT2D eigenvalue weighted by Gasteiger charge is -2.24. The summed E-state index contributed by atoms with van der Waals surface area (Å²) in [7, 11) is 1.47. The third-order valence-corrected chi connectivity index (χ3v) is 8.68. The highest BCUT2D eigenvalue weighted by atomic mass is 32.2. The van der Waals surface area contributed by atoms with Crippen molar-refractivity contribution >= 4 is 52.5 Å². The topological polar surface area (TPSA) is 141 Å². The predicted molar refractivity (Wildman–Crippen MR) is 177 cm³/mol. The number of carbonyl (C=O) groups excluding carboxylic acids is 3. The number of hydrogen-bond donors (Lipinski definition) is 0. The average Bonchev–Trinajstić information content (AvgIpc) is 3.68. The van der Waals surface area contributed by atoms with E-state index in [4.69, 9.17) is 28.7 Å². The van der Waals surface area contributed by atoms with Crippen LogP contribution in [0.1, 0.15) is 37.3 Å². The Balaban J connectivity index is 1.44. The minimum absolute atomic E-state index is 0.218. The fourth-order valence-corrected chi connectivity index (χ4v) is 6.15. The lowest BCUT2D eigenvalue weighted by molar-refractivity contribution is -0.0657. The van der Waals surface area contributed by atoms with E-state index in [0.717, 1.165) is 0 Å². The quantitative estimate of drug-likeness (QED) is 0.0570. The molecule has 0 spiro atoms. The normalized spacial score (nSPS) is 18.7. The molecular formula is C34H30N4O8S2. The number of fused-ring (bicyclic) bond motifs is 1. The van der Waals surface area contributed by atoms with Gasteiger partial charge in [-0.05, 0) is 48.9 Å². The van der Waals surface area contributed by atoms with E-state index in [9.17, 15) is 14.4 Å². The zero-order chi connectivity index (χ0) is 33.6. The Kier molecular flexibility index (Phi) is 10.2. The minimum Gasteiger partial charge on any atom is -0.479 e. The number of aromatic nitrogens is 4. The Morgan fingerprint density at radius 3 is 1.81 bits per heavy atom. The van der Waals surface area contributed by atoms with E-state index in [2.05, 4.69) is 10.1 Å². The molecule has 1 fully saturated rings. The van der Waals surface area contributed by atoms with Crippen LogP contribution >= 0.6 is 23.5 Å². The van der Waals surface area contributed by atoms with Gasteiger partial charge in [0, 0.05) is 0 Å². The van der Waals surface area contributed by atoms with Crippen molar-refractivity contribution in [2.45, 2.75) is 34.7 Å². The summed E-state index contributed by atoms with van der Waals surface area (Å²) >= 11 is 2.72. The maximum absolute atomic E-state index is 13.6. The van der Waals surface area contributed by atoms with Crippen LogP contribution in [0, 0.1) is 0 Å². The zero-order valence-corrected chi connectivity index (χ0v) is 27.7. The van der Waals surface area contributed by atoms with Gasteiger partial charge in [-0.25, -0.2) is 29.0 Å². The van der Waals surface area contributed by atoms with Crippen LogP contribution in [0.25, 0.3) is 11.0 Å². The molecule has 0 saturated carbocycles. The molecule has 3 heterocycles. The maximum Gasteiger partial charge on any atom is 0.338 e.